The first-order valence-corrected chi connectivity index (χ1v) is 12.5. The van der Waals surface area contributed by atoms with Crippen molar-refractivity contribution in [1.29, 1.82) is 0 Å². The fourth-order valence-corrected chi connectivity index (χ4v) is 4.18. The molecule has 1 atom stereocenters. The molecule has 0 fully saturated rings. The second kappa shape index (κ2) is 13.5. The number of benzene rings is 4. The Morgan fingerprint density at radius 1 is 0.675 bits per heavy atom. The minimum atomic E-state index is -2.37. The number of carbonyl (C=O) groups is 1. The van der Waals surface area contributed by atoms with E-state index in [9.17, 15) is 26.7 Å². The molecule has 0 aromatic heterocycles. The predicted molar refractivity (Wildman–Crippen MR) is 142 cm³/mol. The molecular formula is C32H24F5NO2. The molecule has 8 heteroatoms. The van der Waals surface area contributed by atoms with Crippen LogP contribution in [-0.4, -0.2) is 11.7 Å². The van der Waals surface area contributed by atoms with Crippen molar-refractivity contribution in [2.45, 2.75) is 19.3 Å². The fraction of sp³-hybridized carbons (Fsp3) is 0.125. The third kappa shape index (κ3) is 6.88. The molecule has 0 heterocycles. The summed E-state index contributed by atoms with van der Waals surface area (Å²) in [5.41, 5.74) is 1.19. The van der Waals surface area contributed by atoms with Gasteiger partial charge in [0.25, 0.3) is 0 Å². The summed E-state index contributed by atoms with van der Waals surface area (Å²) in [6, 6.07) is 28.0. The maximum absolute atomic E-state index is 14.2. The Hall–Kier alpha value is -4.59. The van der Waals surface area contributed by atoms with E-state index < -0.39 is 40.6 Å². The summed E-state index contributed by atoms with van der Waals surface area (Å²) in [6.07, 6.45) is 5.56. The Morgan fingerprint density at radius 3 is 1.75 bits per heavy atom. The molecule has 0 aliphatic carbocycles. The van der Waals surface area contributed by atoms with Crippen LogP contribution in [0, 0.1) is 35.0 Å². The van der Waals surface area contributed by atoms with Gasteiger partial charge in [-0.15, -0.1) is 0 Å². The van der Waals surface area contributed by atoms with Gasteiger partial charge in [0, 0.05) is 5.92 Å². The van der Waals surface area contributed by atoms with Crippen molar-refractivity contribution in [1.82, 2.24) is 0 Å². The molecule has 204 valence electrons. The Labute approximate surface area is 228 Å². The van der Waals surface area contributed by atoms with Gasteiger partial charge in [-0.3, -0.25) is 0 Å². The van der Waals surface area contributed by atoms with E-state index >= 15 is 0 Å². The van der Waals surface area contributed by atoms with Crippen LogP contribution >= 0.6 is 0 Å². The normalized spacial score (nSPS) is 12.5. The highest BCUT2D eigenvalue weighted by Gasteiger charge is 2.31. The van der Waals surface area contributed by atoms with Crippen molar-refractivity contribution in [2.75, 3.05) is 0 Å². The lowest BCUT2D eigenvalue weighted by Gasteiger charge is -2.18. The van der Waals surface area contributed by atoms with Crippen molar-refractivity contribution in [3.8, 4) is 0 Å². The quantitative estimate of drug-likeness (QED) is 0.0383. The van der Waals surface area contributed by atoms with Crippen molar-refractivity contribution >= 4 is 11.7 Å². The van der Waals surface area contributed by atoms with Crippen LogP contribution in [0.1, 0.15) is 33.5 Å². The standard InChI is InChI=1S/C32H24F5NO2/c33-26-25(27(34)29(36)30(37)28(26)35)32(39)40-38-31(23-17-8-3-9-18-23)24(20-22-15-6-2-7-16-22)19-11-10-14-21-12-4-1-5-13-21/h1-13,15-18,24H,14,19-20H2/b11-10+,38-31+. The highest BCUT2D eigenvalue weighted by molar-refractivity contribution is 6.03. The van der Waals surface area contributed by atoms with E-state index in [-0.39, 0.29) is 11.6 Å². The first-order chi connectivity index (χ1) is 19.4. The SMILES string of the molecule is O=C(O/N=C(\c1ccccc1)C(C/C=C/Cc1ccccc1)Cc1ccccc1)c1c(F)c(F)c(F)c(F)c1F. The largest absolute Gasteiger partial charge is 0.371 e. The third-order valence-electron chi connectivity index (χ3n) is 6.21. The molecule has 40 heavy (non-hydrogen) atoms. The maximum Gasteiger partial charge on any atom is 0.371 e. The van der Waals surface area contributed by atoms with E-state index in [0.29, 0.717) is 24.8 Å². The zero-order valence-electron chi connectivity index (χ0n) is 21.2. The summed E-state index contributed by atoms with van der Waals surface area (Å²) >= 11 is 0. The van der Waals surface area contributed by atoms with Crippen molar-refractivity contribution in [2.24, 2.45) is 11.1 Å². The van der Waals surface area contributed by atoms with Gasteiger partial charge >= 0.3 is 5.97 Å². The van der Waals surface area contributed by atoms with Gasteiger partial charge in [-0.25, -0.2) is 26.7 Å². The summed E-state index contributed by atoms with van der Waals surface area (Å²) in [5, 5.41) is 3.93. The number of oxime groups is 1. The lowest BCUT2D eigenvalue weighted by Crippen LogP contribution is -2.20. The summed E-state index contributed by atoms with van der Waals surface area (Å²) in [5.74, 6) is -13.6. The van der Waals surface area contributed by atoms with Gasteiger partial charge in [-0.2, -0.15) is 0 Å². The van der Waals surface area contributed by atoms with Crippen LogP contribution in [0.25, 0.3) is 0 Å². The van der Waals surface area contributed by atoms with Gasteiger partial charge in [0.05, 0.1) is 5.71 Å². The van der Waals surface area contributed by atoms with Gasteiger partial charge < -0.3 is 4.84 Å². The van der Waals surface area contributed by atoms with Gasteiger partial charge in [0.2, 0.25) is 5.82 Å². The number of allylic oxidation sites excluding steroid dienone is 2. The Balaban J connectivity index is 1.67. The summed E-state index contributed by atoms with van der Waals surface area (Å²) < 4.78 is 69.2. The second-order valence-electron chi connectivity index (χ2n) is 8.95. The molecule has 0 saturated carbocycles. The number of carbonyl (C=O) groups excluding carboxylic acids is 1. The number of nitrogens with zero attached hydrogens (tertiary/aromatic N) is 1. The summed E-state index contributed by atoms with van der Waals surface area (Å²) in [7, 11) is 0. The smallest absolute Gasteiger partial charge is 0.312 e. The summed E-state index contributed by atoms with van der Waals surface area (Å²) in [4.78, 5) is 17.4. The molecule has 0 amide bonds. The van der Waals surface area contributed by atoms with Gasteiger partial charge in [-0.05, 0) is 36.0 Å². The molecule has 4 aromatic carbocycles. The molecule has 4 rings (SSSR count). The van der Waals surface area contributed by atoms with Crippen LogP contribution in [-0.2, 0) is 17.7 Å². The van der Waals surface area contributed by atoms with Crippen LogP contribution in [0.15, 0.2) is 108 Å². The first-order valence-electron chi connectivity index (χ1n) is 12.5. The molecule has 3 nitrogen and oxygen atoms in total. The molecule has 0 aliphatic rings. The predicted octanol–water partition coefficient (Wildman–Crippen LogP) is 7.99. The maximum atomic E-state index is 14.2. The molecular weight excluding hydrogens is 525 g/mol. The van der Waals surface area contributed by atoms with Crippen LogP contribution in [0.3, 0.4) is 0 Å². The van der Waals surface area contributed by atoms with E-state index in [1.807, 2.05) is 72.8 Å². The molecule has 0 bridgehead atoms. The van der Waals surface area contributed by atoms with Crippen LogP contribution in [0.4, 0.5) is 22.0 Å². The number of rotatable bonds is 10. The summed E-state index contributed by atoms with van der Waals surface area (Å²) in [6.45, 7) is 0. The Morgan fingerprint density at radius 2 is 1.18 bits per heavy atom. The highest BCUT2D eigenvalue weighted by Crippen LogP contribution is 2.25. The minimum Gasteiger partial charge on any atom is -0.312 e. The van der Waals surface area contributed by atoms with Gasteiger partial charge in [0.1, 0.15) is 5.56 Å². The zero-order valence-corrected chi connectivity index (χ0v) is 21.2. The number of halogens is 5. The first kappa shape index (κ1) is 28.4. The average molecular weight is 550 g/mol. The number of hydrogen-bond donors (Lipinski definition) is 0. The van der Waals surface area contributed by atoms with E-state index in [1.54, 1.807) is 30.3 Å². The molecule has 0 aliphatic heterocycles. The molecule has 0 radical (unpaired) electrons. The molecule has 0 saturated heterocycles. The monoisotopic (exact) mass is 549 g/mol. The second-order valence-corrected chi connectivity index (χ2v) is 8.95. The Bertz CT molecular complexity index is 1480. The van der Waals surface area contributed by atoms with Crippen LogP contribution in [0.5, 0.6) is 0 Å². The zero-order chi connectivity index (χ0) is 28.5. The van der Waals surface area contributed by atoms with E-state index in [1.165, 1.54) is 0 Å². The van der Waals surface area contributed by atoms with E-state index in [4.69, 9.17) is 4.84 Å². The van der Waals surface area contributed by atoms with Crippen molar-refractivity contribution in [3.63, 3.8) is 0 Å². The molecule has 0 N–H and O–H groups in total. The molecule has 1 unspecified atom stereocenters. The highest BCUT2D eigenvalue weighted by atomic mass is 19.2. The topological polar surface area (TPSA) is 38.7 Å². The van der Waals surface area contributed by atoms with Gasteiger partial charge in [-0.1, -0.05) is 108 Å². The third-order valence-corrected chi connectivity index (χ3v) is 6.21. The lowest BCUT2D eigenvalue weighted by molar-refractivity contribution is 0.0499. The fourth-order valence-electron chi connectivity index (χ4n) is 4.18. The number of hydrogen-bond acceptors (Lipinski definition) is 3. The lowest BCUT2D eigenvalue weighted by atomic mass is 9.88. The van der Waals surface area contributed by atoms with Crippen LogP contribution < -0.4 is 0 Å². The van der Waals surface area contributed by atoms with Gasteiger partial charge in [0.15, 0.2) is 23.3 Å². The van der Waals surface area contributed by atoms with Crippen LogP contribution in [0.2, 0.25) is 0 Å². The van der Waals surface area contributed by atoms with Crippen molar-refractivity contribution in [3.05, 3.63) is 154 Å². The average Bonchev–Trinajstić information content (AvgIpc) is 2.99. The molecule has 0 spiro atoms. The molecule has 4 aromatic rings. The van der Waals surface area contributed by atoms with E-state index in [2.05, 4.69) is 5.16 Å². The van der Waals surface area contributed by atoms with Crippen molar-refractivity contribution < 1.29 is 31.6 Å². The minimum absolute atomic E-state index is 0.269. The van der Waals surface area contributed by atoms with E-state index in [0.717, 1.165) is 11.1 Å². The Kier molecular flexibility index (Phi) is 9.57.